The third kappa shape index (κ3) is 1.26. The van der Waals surface area contributed by atoms with Gasteiger partial charge in [-0.3, -0.25) is 4.90 Å². The topological polar surface area (TPSA) is 60.4 Å². The van der Waals surface area contributed by atoms with Crippen LogP contribution in [0.2, 0.25) is 0 Å². The van der Waals surface area contributed by atoms with Gasteiger partial charge in [0.05, 0.1) is 6.10 Å². The van der Waals surface area contributed by atoms with Crippen LogP contribution < -0.4 is 9.47 Å². The molecule has 128 valence electrons. The molecule has 6 aliphatic rings. The molecule has 3 fully saturated rings. The van der Waals surface area contributed by atoms with E-state index >= 15 is 0 Å². The maximum Gasteiger partial charge on any atom is 0.231 e. The molecule has 6 heteroatoms. The van der Waals surface area contributed by atoms with Crippen LogP contribution in [0.4, 0.5) is 0 Å². The van der Waals surface area contributed by atoms with Gasteiger partial charge in [0.1, 0.15) is 6.10 Å². The molecule has 1 aliphatic carbocycles. The normalized spacial score (nSPS) is 49.4. The summed E-state index contributed by atoms with van der Waals surface area (Å²) in [5.41, 5.74) is 2.07. The first kappa shape index (κ1) is 13.9. The molecule has 3 unspecified atom stereocenters. The second-order valence-electron chi connectivity index (χ2n) is 7.80. The molecule has 5 heterocycles. The molecule has 5 aliphatic heterocycles. The van der Waals surface area contributed by atoms with Gasteiger partial charge in [0, 0.05) is 31.0 Å². The van der Waals surface area contributed by atoms with Crippen LogP contribution in [0.25, 0.3) is 0 Å². The lowest BCUT2D eigenvalue weighted by molar-refractivity contribution is -0.298. The zero-order chi connectivity index (χ0) is 16.3. The van der Waals surface area contributed by atoms with E-state index in [4.69, 9.17) is 18.9 Å². The Morgan fingerprint density at radius 3 is 2.75 bits per heavy atom. The molecule has 7 rings (SSSR count). The maximum absolute atomic E-state index is 11.3. The number of fused-ring (bicyclic) bond motifs is 1. The highest BCUT2D eigenvalue weighted by Crippen LogP contribution is 2.67. The molecule has 0 aromatic heterocycles. The summed E-state index contributed by atoms with van der Waals surface area (Å²) in [6.45, 7) is 4.37. The summed E-state index contributed by atoms with van der Waals surface area (Å²) in [5.74, 6) is 0.717. The van der Waals surface area contributed by atoms with Gasteiger partial charge in [0.15, 0.2) is 17.3 Å². The molecule has 1 N–H and O–H groups in total. The Kier molecular flexibility index (Phi) is 2.36. The lowest BCUT2D eigenvalue weighted by Crippen LogP contribution is -2.49. The summed E-state index contributed by atoms with van der Waals surface area (Å²) >= 11 is 0. The minimum Gasteiger partial charge on any atom is -0.454 e. The van der Waals surface area contributed by atoms with Crippen LogP contribution in [0, 0.1) is 5.92 Å². The molecule has 6 nitrogen and oxygen atoms in total. The van der Waals surface area contributed by atoms with Gasteiger partial charge in [0.2, 0.25) is 6.79 Å². The number of aliphatic hydroxyl groups is 1. The number of hydrogen-bond donors (Lipinski definition) is 1. The van der Waals surface area contributed by atoms with E-state index in [1.54, 1.807) is 7.11 Å². The molecule has 24 heavy (non-hydrogen) atoms. The van der Waals surface area contributed by atoms with Crippen LogP contribution in [0.3, 0.4) is 0 Å². The van der Waals surface area contributed by atoms with Gasteiger partial charge >= 0.3 is 0 Å². The summed E-state index contributed by atoms with van der Waals surface area (Å²) in [4.78, 5) is 2.50. The summed E-state index contributed by atoms with van der Waals surface area (Å²) in [6.07, 6.45) is 0.177. The van der Waals surface area contributed by atoms with Crippen LogP contribution in [-0.4, -0.2) is 54.4 Å². The second-order valence-corrected chi connectivity index (χ2v) is 7.80. The second kappa shape index (κ2) is 4.07. The Balaban J connectivity index is 1.66. The fourth-order valence-corrected chi connectivity index (χ4v) is 6.20. The van der Waals surface area contributed by atoms with Crippen LogP contribution in [0.1, 0.15) is 36.5 Å². The van der Waals surface area contributed by atoms with Gasteiger partial charge in [-0.1, -0.05) is 0 Å². The molecule has 0 spiro atoms. The van der Waals surface area contributed by atoms with Crippen molar-refractivity contribution in [3.8, 4) is 11.5 Å². The molecule has 0 radical (unpaired) electrons. The van der Waals surface area contributed by atoms with E-state index in [1.807, 2.05) is 6.07 Å². The van der Waals surface area contributed by atoms with Crippen molar-refractivity contribution in [2.45, 2.75) is 42.8 Å². The first-order chi connectivity index (χ1) is 11.6. The Labute approximate surface area is 140 Å². The lowest BCUT2D eigenvalue weighted by atomic mass is 9.77. The van der Waals surface area contributed by atoms with E-state index in [1.165, 1.54) is 0 Å². The third-order valence-electron chi connectivity index (χ3n) is 7.21. The smallest absolute Gasteiger partial charge is 0.231 e. The molecule has 2 saturated heterocycles. The predicted octanol–water partition coefficient (Wildman–Crippen LogP) is 1.38. The number of nitrogens with zero attached hydrogens (tertiary/aromatic N) is 1. The standard InChI is InChI=1S/C18H21NO5/c1-17-14-3-4-19(17)7-13-9-5-11-12(23-8-22-11)6-10(9)15(17)16(20)18(14,21-2)24-13/h5-6,13-16,20H,3-4,7-8H2,1-2H3/t13-,14?,15+,16?,17+,18+/m0/s1. The number of aliphatic hydroxyl groups excluding tert-OH is 1. The van der Waals surface area contributed by atoms with Crippen molar-refractivity contribution in [3.63, 3.8) is 0 Å². The fourth-order valence-electron chi connectivity index (χ4n) is 6.20. The zero-order valence-corrected chi connectivity index (χ0v) is 13.8. The molecule has 7 atom stereocenters. The third-order valence-corrected chi connectivity index (χ3v) is 7.21. The quantitative estimate of drug-likeness (QED) is 0.839. The van der Waals surface area contributed by atoms with Crippen molar-refractivity contribution in [3.05, 3.63) is 23.3 Å². The number of rotatable bonds is 1. The summed E-state index contributed by atoms with van der Waals surface area (Å²) in [5, 5.41) is 11.3. The highest BCUT2D eigenvalue weighted by atomic mass is 16.7. The van der Waals surface area contributed by atoms with Gasteiger partial charge in [-0.05, 0) is 43.1 Å². The Morgan fingerprint density at radius 1 is 1.25 bits per heavy atom. The van der Waals surface area contributed by atoms with E-state index in [2.05, 4.69) is 17.9 Å². The van der Waals surface area contributed by atoms with E-state index < -0.39 is 11.9 Å². The monoisotopic (exact) mass is 331 g/mol. The van der Waals surface area contributed by atoms with Crippen LogP contribution in [0.5, 0.6) is 11.5 Å². The van der Waals surface area contributed by atoms with Gasteiger partial charge in [-0.15, -0.1) is 0 Å². The van der Waals surface area contributed by atoms with Gasteiger partial charge < -0.3 is 24.1 Å². The first-order valence-corrected chi connectivity index (χ1v) is 8.69. The highest BCUT2D eigenvalue weighted by molar-refractivity contribution is 5.54. The Hall–Kier alpha value is -1.34. The van der Waals surface area contributed by atoms with Crippen LogP contribution in [-0.2, 0) is 9.47 Å². The van der Waals surface area contributed by atoms with E-state index in [9.17, 15) is 5.11 Å². The van der Waals surface area contributed by atoms with Gasteiger partial charge in [0.25, 0.3) is 0 Å². The van der Waals surface area contributed by atoms with Crippen molar-refractivity contribution in [1.82, 2.24) is 4.90 Å². The van der Waals surface area contributed by atoms with Gasteiger partial charge in [-0.25, -0.2) is 0 Å². The van der Waals surface area contributed by atoms with Crippen molar-refractivity contribution >= 4 is 0 Å². The van der Waals surface area contributed by atoms with Crippen molar-refractivity contribution in [1.29, 1.82) is 0 Å². The SMILES string of the molecule is CO[C@@]12O[C@H]3CN4CCC1[C@]4(C)[C@H](c1cc4c(cc13)OCO4)C2O. The van der Waals surface area contributed by atoms with Crippen LogP contribution in [0.15, 0.2) is 12.1 Å². The minimum atomic E-state index is -0.930. The average Bonchev–Trinajstić information content (AvgIpc) is 3.10. The molecule has 1 saturated carbocycles. The number of hydrogen-bond acceptors (Lipinski definition) is 6. The van der Waals surface area contributed by atoms with Crippen molar-refractivity contribution < 1.29 is 24.1 Å². The minimum absolute atomic E-state index is 0.0538. The lowest BCUT2D eigenvalue weighted by Gasteiger charge is -2.39. The zero-order valence-electron chi connectivity index (χ0n) is 13.8. The summed E-state index contributed by atoms with van der Waals surface area (Å²) < 4.78 is 23.6. The largest absolute Gasteiger partial charge is 0.454 e. The van der Waals surface area contributed by atoms with Gasteiger partial charge in [-0.2, -0.15) is 0 Å². The molecule has 1 aromatic rings. The first-order valence-electron chi connectivity index (χ1n) is 8.69. The Morgan fingerprint density at radius 2 is 2.00 bits per heavy atom. The van der Waals surface area contributed by atoms with Crippen LogP contribution >= 0.6 is 0 Å². The molecule has 0 amide bonds. The predicted molar refractivity (Wildman–Crippen MR) is 83.0 cm³/mol. The molecular formula is C18H21NO5. The Bertz CT molecular complexity index is 753. The molecular weight excluding hydrogens is 310 g/mol. The van der Waals surface area contributed by atoms with E-state index in [-0.39, 0.29) is 30.3 Å². The van der Waals surface area contributed by atoms with Crippen molar-refractivity contribution in [2.75, 3.05) is 27.0 Å². The highest BCUT2D eigenvalue weighted by Gasteiger charge is 2.75. The fraction of sp³-hybridized carbons (Fsp3) is 0.667. The summed E-state index contributed by atoms with van der Waals surface area (Å²) in [7, 11) is 1.67. The number of ether oxygens (including phenoxy) is 4. The molecule has 1 aromatic carbocycles. The number of methoxy groups -OCH3 is 1. The average molecular weight is 331 g/mol. The van der Waals surface area contributed by atoms with Crippen molar-refractivity contribution in [2.24, 2.45) is 5.92 Å². The van der Waals surface area contributed by atoms with E-state index in [0.717, 1.165) is 42.1 Å². The maximum atomic E-state index is 11.3. The molecule has 6 bridgehead atoms. The number of benzene rings is 1. The van der Waals surface area contributed by atoms with E-state index in [0.29, 0.717) is 0 Å². The summed E-state index contributed by atoms with van der Waals surface area (Å²) in [6, 6.07) is 4.10.